The summed E-state index contributed by atoms with van der Waals surface area (Å²) in [4.78, 5) is 12.1. The van der Waals surface area contributed by atoms with Gasteiger partial charge in [0.05, 0.1) is 18.6 Å². The minimum Gasteiger partial charge on any atom is -0.497 e. The third-order valence-electron chi connectivity index (χ3n) is 4.06. The monoisotopic (exact) mass is 420 g/mol. The Bertz CT molecular complexity index is 1190. The fourth-order valence-electron chi connectivity index (χ4n) is 2.61. The molecule has 9 heteroatoms. The molecule has 0 saturated carbocycles. The van der Waals surface area contributed by atoms with Gasteiger partial charge in [0.15, 0.2) is 6.61 Å². The minimum atomic E-state index is -0.545. The van der Waals surface area contributed by atoms with Crippen LogP contribution < -0.4 is 4.74 Å². The summed E-state index contributed by atoms with van der Waals surface area (Å²) in [6, 6.07) is 16.4. The number of tetrazole rings is 1. The molecule has 30 heavy (non-hydrogen) atoms. The zero-order valence-electron chi connectivity index (χ0n) is 15.9. The number of nitrogens with zero attached hydrogens (tertiary/aromatic N) is 4. The summed E-state index contributed by atoms with van der Waals surface area (Å²) in [6.07, 6.45) is 0. The van der Waals surface area contributed by atoms with Crippen molar-refractivity contribution in [3.8, 4) is 23.3 Å². The van der Waals surface area contributed by atoms with Gasteiger partial charge in [-0.3, -0.25) is 0 Å². The fourth-order valence-corrected chi connectivity index (χ4v) is 3.27. The molecule has 0 atom stereocenters. The van der Waals surface area contributed by atoms with Crippen LogP contribution in [0.1, 0.15) is 10.6 Å². The van der Waals surface area contributed by atoms with Gasteiger partial charge in [0, 0.05) is 5.39 Å². The van der Waals surface area contributed by atoms with E-state index in [9.17, 15) is 4.79 Å². The number of benzene rings is 2. The van der Waals surface area contributed by atoms with Gasteiger partial charge in [-0.25, -0.2) is 4.79 Å². The summed E-state index contributed by atoms with van der Waals surface area (Å²) in [6.45, 7) is -0.0279. The average molecular weight is 420 g/mol. The van der Waals surface area contributed by atoms with Crippen molar-refractivity contribution in [1.82, 2.24) is 20.2 Å². The zero-order valence-corrected chi connectivity index (χ0v) is 16.8. The van der Waals surface area contributed by atoms with Crippen LogP contribution in [0.3, 0.4) is 0 Å². The van der Waals surface area contributed by atoms with E-state index in [0.717, 1.165) is 16.8 Å². The molecule has 2 aromatic heterocycles. The summed E-state index contributed by atoms with van der Waals surface area (Å²) in [7, 11) is 1.61. The molecular formula is C21H16N4O4S. The van der Waals surface area contributed by atoms with Crippen molar-refractivity contribution in [3.05, 3.63) is 60.4 Å². The molecule has 150 valence electrons. The molecule has 0 radical (unpaired) electrons. The van der Waals surface area contributed by atoms with E-state index in [1.807, 2.05) is 42.5 Å². The first-order chi connectivity index (χ1) is 14.7. The number of hydrogen-bond donors (Lipinski definition) is 0. The van der Waals surface area contributed by atoms with E-state index in [1.54, 1.807) is 23.9 Å². The number of esters is 1. The summed E-state index contributed by atoms with van der Waals surface area (Å²) < 4.78 is 17.4. The second kappa shape index (κ2) is 9.15. The SMILES string of the molecule is COc1ccc(-n2nnnc2SCC#CCOC(=O)c2cc3ccccc3o2)cc1. The van der Waals surface area contributed by atoms with E-state index in [2.05, 4.69) is 27.4 Å². The summed E-state index contributed by atoms with van der Waals surface area (Å²) in [5.41, 5.74) is 1.46. The second-order valence-electron chi connectivity index (χ2n) is 5.94. The van der Waals surface area contributed by atoms with Crippen LogP contribution in [0.25, 0.3) is 16.7 Å². The number of fused-ring (bicyclic) bond motifs is 1. The number of hydrogen-bond acceptors (Lipinski definition) is 8. The molecule has 0 aliphatic heterocycles. The second-order valence-corrected chi connectivity index (χ2v) is 6.88. The van der Waals surface area contributed by atoms with E-state index in [0.29, 0.717) is 16.5 Å². The predicted octanol–water partition coefficient (Wildman–Crippen LogP) is 3.37. The van der Waals surface area contributed by atoms with E-state index < -0.39 is 5.97 Å². The molecular weight excluding hydrogens is 404 g/mol. The highest BCUT2D eigenvalue weighted by atomic mass is 32.2. The van der Waals surface area contributed by atoms with Crippen LogP contribution in [-0.4, -0.2) is 45.6 Å². The van der Waals surface area contributed by atoms with Crippen molar-refractivity contribution >= 4 is 28.7 Å². The molecule has 0 unspecified atom stereocenters. The van der Waals surface area contributed by atoms with Crippen LogP contribution in [0.15, 0.2) is 64.2 Å². The number of carbonyl (C=O) groups excluding carboxylic acids is 1. The third-order valence-corrected chi connectivity index (χ3v) is 4.86. The maximum absolute atomic E-state index is 12.1. The van der Waals surface area contributed by atoms with Crippen molar-refractivity contribution in [3.63, 3.8) is 0 Å². The molecule has 2 heterocycles. The molecule has 0 spiro atoms. The number of rotatable bonds is 6. The topological polar surface area (TPSA) is 92.3 Å². The molecule has 0 fully saturated rings. The maximum Gasteiger partial charge on any atom is 0.375 e. The number of carbonyl (C=O) groups is 1. The highest BCUT2D eigenvalue weighted by Crippen LogP contribution is 2.20. The van der Waals surface area contributed by atoms with Crippen LogP contribution in [-0.2, 0) is 4.74 Å². The van der Waals surface area contributed by atoms with Crippen molar-refractivity contribution in [1.29, 1.82) is 0 Å². The largest absolute Gasteiger partial charge is 0.497 e. The van der Waals surface area contributed by atoms with Gasteiger partial charge in [-0.2, -0.15) is 4.68 Å². The van der Waals surface area contributed by atoms with Crippen LogP contribution in [0.2, 0.25) is 0 Å². The minimum absolute atomic E-state index is 0.0279. The molecule has 0 amide bonds. The smallest absolute Gasteiger partial charge is 0.375 e. The Morgan fingerprint density at radius 2 is 2.00 bits per heavy atom. The molecule has 0 aliphatic rings. The first-order valence-electron chi connectivity index (χ1n) is 8.91. The molecule has 0 saturated heterocycles. The summed E-state index contributed by atoms with van der Waals surface area (Å²) in [5, 5.41) is 13.2. The van der Waals surface area contributed by atoms with Crippen LogP contribution in [0.4, 0.5) is 0 Å². The maximum atomic E-state index is 12.1. The number of thioether (sulfide) groups is 1. The lowest BCUT2D eigenvalue weighted by molar-refractivity contribution is 0.0523. The lowest BCUT2D eigenvalue weighted by atomic mass is 10.2. The van der Waals surface area contributed by atoms with E-state index in [1.165, 1.54) is 11.8 Å². The van der Waals surface area contributed by atoms with Crippen LogP contribution in [0, 0.1) is 11.8 Å². The highest BCUT2D eigenvalue weighted by molar-refractivity contribution is 7.99. The Kier molecular flexibility index (Phi) is 5.96. The van der Waals surface area contributed by atoms with Gasteiger partial charge in [-0.05, 0) is 46.8 Å². The van der Waals surface area contributed by atoms with Gasteiger partial charge in [0.1, 0.15) is 11.3 Å². The zero-order chi connectivity index (χ0) is 20.8. The van der Waals surface area contributed by atoms with Crippen molar-refractivity contribution in [2.24, 2.45) is 0 Å². The van der Waals surface area contributed by atoms with Crippen LogP contribution in [0.5, 0.6) is 5.75 Å². The first kappa shape index (κ1) is 19.5. The number of aromatic nitrogens is 4. The Balaban J connectivity index is 1.28. The van der Waals surface area contributed by atoms with E-state index >= 15 is 0 Å². The predicted molar refractivity (Wildman–Crippen MR) is 111 cm³/mol. The van der Waals surface area contributed by atoms with E-state index in [4.69, 9.17) is 13.9 Å². The van der Waals surface area contributed by atoms with Crippen molar-refractivity contribution < 1.29 is 18.7 Å². The normalized spacial score (nSPS) is 10.4. The van der Waals surface area contributed by atoms with Gasteiger partial charge in [0.25, 0.3) is 0 Å². The molecule has 8 nitrogen and oxygen atoms in total. The summed E-state index contributed by atoms with van der Waals surface area (Å²) in [5.74, 6) is 6.55. The Morgan fingerprint density at radius 1 is 1.17 bits per heavy atom. The number of methoxy groups -OCH3 is 1. The molecule has 4 rings (SSSR count). The highest BCUT2D eigenvalue weighted by Gasteiger charge is 2.13. The Morgan fingerprint density at radius 3 is 2.80 bits per heavy atom. The quantitative estimate of drug-likeness (QED) is 0.266. The Hall–Kier alpha value is -3.77. The number of ether oxygens (including phenoxy) is 2. The standard InChI is InChI=1S/C21H16N4O4S/c1-27-17-10-8-16(9-11-17)25-21(22-23-24-25)30-13-5-4-12-28-20(26)19-14-15-6-2-3-7-18(15)29-19/h2-3,6-11,14H,12-13H2,1H3. The van der Waals surface area contributed by atoms with Gasteiger partial charge < -0.3 is 13.9 Å². The molecule has 2 aromatic carbocycles. The third kappa shape index (κ3) is 4.45. The van der Waals surface area contributed by atoms with Gasteiger partial charge >= 0.3 is 5.97 Å². The number of para-hydroxylation sites is 1. The average Bonchev–Trinajstić information content (AvgIpc) is 3.43. The summed E-state index contributed by atoms with van der Waals surface area (Å²) >= 11 is 1.38. The van der Waals surface area contributed by atoms with Crippen LogP contribution >= 0.6 is 11.8 Å². The Labute approximate surface area is 176 Å². The van der Waals surface area contributed by atoms with Crippen molar-refractivity contribution in [2.45, 2.75) is 5.16 Å². The fraction of sp³-hybridized carbons (Fsp3) is 0.143. The van der Waals surface area contributed by atoms with Gasteiger partial charge in [-0.1, -0.05) is 41.8 Å². The lowest BCUT2D eigenvalue weighted by Crippen LogP contribution is -2.03. The van der Waals surface area contributed by atoms with Gasteiger partial charge in [-0.15, -0.1) is 5.10 Å². The molecule has 0 bridgehead atoms. The van der Waals surface area contributed by atoms with E-state index in [-0.39, 0.29) is 12.4 Å². The van der Waals surface area contributed by atoms with Gasteiger partial charge in [0.2, 0.25) is 10.9 Å². The molecule has 0 aliphatic carbocycles. The first-order valence-corrected chi connectivity index (χ1v) is 9.90. The van der Waals surface area contributed by atoms with Crippen molar-refractivity contribution in [2.75, 3.05) is 19.5 Å². The lowest BCUT2D eigenvalue weighted by Gasteiger charge is -2.04. The molecule has 4 aromatic rings. The number of furan rings is 1. The molecule has 0 N–H and O–H groups in total.